The highest BCUT2D eigenvalue weighted by Crippen LogP contribution is 2.23. The van der Waals surface area contributed by atoms with Crippen LogP contribution in [0.3, 0.4) is 0 Å². The summed E-state index contributed by atoms with van der Waals surface area (Å²) >= 11 is 0. The van der Waals surface area contributed by atoms with E-state index in [0.717, 1.165) is 36.8 Å². The molecule has 0 bridgehead atoms. The topological polar surface area (TPSA) is 47.6 Å². The first-order valence-electron chi connectivity index (χ1n) is 16.1. The van der Waals surface area contributed by atoms with Gasteiger partial charge < -0.3 is 14.8 Å². The van der Waals surface area contributed by atoms with Crippen molar-refractivity contribution < 1.29 is 14.3 Å². The van der Waals surface area contributed by atoms with Gasteiger partial charge in [0, 0.05) is 0 Å². The molecule has 4 atom stereocenters. The molecule has 4 rings (SSSR count). The molecule has 0 aromatic heterocycles. The summed E-state index contributed by atoms with van der Waals surface area (Å²) in [6.45, 7) is 8.57. The highest BCUT2D eigenvalue weighted by molar-refractivity contribution is 5.80. The quantitative estimate of drug-likeness (QED) is 0.105. The first kappa shape index (κ1) is 33.6. The summed E-state index contributed by atoms with van der Waals surface area (Å²) in [4.78, 5) is 14.5. The van der Waals surface area contributed by atoms with Crippen LogP contribution in [0.5, 0.6) is 0 Å². The van der Waals surface area contributed by atoms with Crippen LogP contribution in [0.4, 0.5) is 0 Å². The molecule has 0 aliphatic rings. The summed E-state index contributed by atoms with van der Waals surface area (Å²) in [6.07, 6.45) is 7.41. The third kappa shape index (κ3) is 11.6. The smallest absolute Gasteiger partial charge is 0.226 e. The van der Waals surface area contributed by atoms with E-state index >= 15 is 0 Å². The molecule has 234 valence electrons. The third-order valence-electron chi connectivity index (χ3n) is 8.14. The van der Waals surface area contributed by atoms with Crippen molar-refractivity contribution >= 4 is 5.91 Å². The molecule has 1 amide bonds. The van der Waals surface area contributed by atoms with Gasteiger partial charge in [-0.25, -0.2) is 0 Å². The van der Waals surface area contributed by atoms with Crippen molar-refractivity contribution in [2.24, 2.45) is 5.92 Å². The number of rotatable bonds is 20. The van der Waals surface area contributed by atoms with E-state index < -0.39 is 5.92 Å². The van der Waals surface area contributed by atoms with Crippen molar-refractivity contribution in [3.63, 3.8) is 0 Å². The number of benzene rings is 4. The van der Waals surface area contributed by atoms with Gasteiger partial charge in [0.15, 0.2) is 0 Å². The Hall–Kier alpha value is -4.25. The summed E-state index contributed by atoms with van der Waals surface area (Å²) in [5, 5.41) is 3.48. The van der Waals surface area contributed by atoms with E-state index in [4.69, 9.17) is 9.47 Å². The van der Waals surface area contributed by atoms with E-state index in [1.165, 1.54) is 11.1 Å². The largest absolute Gasteiger partial charge is 0.373 e. The first-order valence-corrected chi connectivity index (χ1v) is 16.1. The second-order valence-electron chi connectivity index (χ2n) is 11.5. The number of carbonyl (C=O) groups is 1. The second kappa shape index (κ2) is 19.2. The maximum atomic E-state index is 14.5. The zero-order chi connectivity index (χ0) is 31.5. The molecule has 4 aromatic rings. The zero-order valence-corrected chi connectivity index (χ0v) is 26.3. The van der Waals surface area contributed by atoms with Crippen molar-refractivity contribution in [2.45, 2.75) is 56.8 Å². The fraction of sp³-hybridized carbons (Fsp3) is 0.293. The number of ether oxygens (including phenoxy) is 2. The fourth-order valence-corrected chi connectivity index (χ4v) is 5.79. The van der Waals surface area contributed by atoms with Gasteiger partial charge in [0.25, 0.3) is 0 Å². The number of nitrogens with one attached hydrogen (secondary N) is 1. The molecule has 4 aromatic carbocycles. The Balaban J connectivity index is 1.62. The lowest BCUT2D eigenvalue weighted by atomic mass is 9.88. The lowest BCUT2D eigenvalue weighted by molar-refractivity contribution is -0.132. The van der Waals surface area contributed by atoms with E-state index in [1.54, 1.807) is 12.2 Å². The van der Waals surface area contributed by atoms with Gasteiger partial charge in [0.05, 0.1) is 37.4 Å². The molecule has 0 heterocycles. The molecule has 0 spiro atoms. The van der Waals surface area contributed by atoms with Crippen molar-refractivity contribution in [3.8, 4) is 0 Å². The molecule has 0 unspecified atom stereocenters. The van der Waals surface area contributed by atoms with Crippen LogP contribution in [-0.4, -0.2) is 37.4 Å². The van der Waals surface area contributed by atoms with Gasteiger partial charge in [0.2, 0.25) is 5.91 Å². The number of hydrogen-bond acceptors (Lipinski definition) is 3. The van der Waals surface area contributed by atoms with Crippen molar-refractivity contribution in [3.05, 3.63) is 169 Å². The van der Waals surface area contributed by atoms with Crippen LogP contribution >= 0.6 is 0 Å². The minimum atomic E-state index is -0.400. The Morgan fingerprint density at radius 2 is 0.978 bits per heavy atom. The van der Waals surface area contributed by atoms with E-state index in [1.807, 2.05) is 48.5 Å². The SMILES string of the molecule is C=CCO[C@H](CCc1ccccc1)[C@H](Cc1ccccc1)NC(=O)[C@@H](Cc1ccccc1)[C@@H](CCc1ccccc1)OCC=C. The third-order valence-corrected chi connectivity index (χ3v) is 8.14. The molecule has 1 N–H and O–H groups in total. The summed E-state index contributed by atoms with van der Waals surface area (Å²) in [6, 6.07) is 41.1. The predicted octanol–water partition coefficient (Wildman–Crippen LogP) is 7.98. The molecular weight excluding hydrogens is 554 g/mol. The van der Waals surface area contributed by atoms with Crippen LogP contribution in [-0.2, 0) is 40.0 Å². The van der Waals surface area contributed by atoms with Gasteiger partial charge in [-0.2, -0.15) is 0 Å². The molecular formula is C41H47NO3. The minimum Gasteiger partial charge on any atom is -0.373 e. The van der Waals surface area contributed by atoms with Crippen molar-refractivity contribution in [1.29, 1.82) is 0 Å². The average molecular weight is 602 g/mol. The van der Waals surface area contributed by atoms with Crippen LogP contribution in [0.2, 0.25) is 0 Å². The van der Waals surface area contributed by atoms with Gasteiger partial charge in [-0.05, 0) is 60.8 Å². The van der Waals surface area contributed by atoms with Gasteiger partial charge in [-0.1, -0.05) is 133 Å². The Labute approximate surface area is 269 Å². The maximum absolute atomic E-state index is 14.5. The maximum Gasteiger partial charge on any atom is 0.226 e. The van der Waals surface area contributed by atoms with Crippen LogP contribution in [0.1, 0.15) is 35.1 Å². The van der Waals surface area contributed by atoms with Crippen LogP contribution < -0.4 is 5.32 Å². The van der Waals surface area contributed by atoms with Gasteiger partial charge >= 0.3 is 0 Å². The van der Waals surface area contributed by atoms with E-state index in [9.17, 15) is 4.79 Å². The average Bonchev–Trinajstić information content (AvgIpc) is 3.09. The van der Waals surface area contributed by atoms with Crippen molar-refractivity contribution in [1.82, 2.24) is 5.32 Å². The Morgan fingerprint density at radius 3 is 1.44 bits per heavy atom. The number of carbonyl (C=O) groups excluding carboxylic acids is 1. The summed E-state index contributed by atoms with van der Waals surface area (Å²) in [7, 11) is 0. The fourth-order valence-electron chi connectivity index (χ4n) is 5.79. The number of amides is 1. The van der Waals surface area contributed by atoms with E-state index in [2.05, 4.69) is 91.3 Å². The van der Waals surface area contributed by atoms with Crippen LogP contribution in [0.15, 0.2) is 147 Å². The molecule has 0 fully saturated rings. The monoisotopic (exact) mass is 601 g/mol. The Kier molecular flexibility index (Phi) is 14.4. The second-order valence-corrected chi connectivity index (χ2v) is 11.5. The number of aryl methyl sites for hydroxylation is 2. The van der Waals surface area contributed by atoms with E-state index in [-0.39, 0.29) is 24.2 Å². The molecule has 0 aliphatic heterocycles. The van der Waals surface area contributed by atoms with Gasteiger partial charge in [-0.3, -0.25) is 4.79 Å². The molecule has 45 heavy (non-hydrogen) atoms. The number of hydrogen-bond donors (Lipinski definition) is 1. The summed E-state index contributed by atoms with van der Waals surface area (Å²) in [5.74, 6) is -0.419. The molecule has 4 nitrogen and oxygen atoms in total. The Morgan fingerprint density at radius 1 is 0.578 bits per heavy atom. The van der Waals surface area contributed by atoms with Gasteiger partial charge in [-0.15, -0.1) is 13.2 Å². The normalized spacial score (nSPS) is 13.7. The van der Waals surface area contributed by atoms with Gasteiger partial charge in [0.1, 0.15) is 0 Å². The van der Waals surface area contributed by atoms with Crippen LogP contribution in [0.25, 0.3) is 0 Å². The molecule has 0 aliphatic carbocycles. The highest BCUT2D eigenvalue weighted by Gasteiger charge is 2.33. The highest BCUT2D eigenvalue weighted by atomic mass is 16.5. The molecule has 0 radical (unpaired) electrons. The Bertz CT molecular complexity index is 1390. The molecule has 0 saturated heterocycles. The zero-order valence-electron chi connectivity index (χ0n) is 26.3. The predicted molar refractivity (Wildman–Crippen MR) is 185 cm³/mol. The van der Waals surface area contributed by atoms with E-state index in [0.29, 0.717) is 26.1 Å². The lowest BCUT2D eigenvalue weighted by Crippen LogP contribution is -2.51. The summed E-state index contributed by atoms with van der Waals surface area (Å²) in [5.41, 5.74) is 4.73. The molecule has 4 heteroatoms. The van der Waals surface area contributed by atoms with Crippen LogP contribution in [0, 0.1) is 5.92 Å². The summed E-state index contributed by atoms with van der Waals surface area (Å²) < 4.78 is 12.8. The standard InChI is InChI=1S/C41H47NO3/c1-3-29-44-39(27-25-33-17-9-5-10-18-33)37(31-35-21-13-7-14-22-35)41(43)42-38(32-36-23-15-8-16-24-36)40(45-30-4-2)28-26-34-19-11-6-12-20-34/h3-24,37-40H,1-2,25-32H2,(H,42,43)/t37-,38-,39+,40+/m0/s1. The molecule has 0 saturated carbocycles. The van der Waals surface area contributed by atoms with Crippen molar-refractivity contribution in [2.75, 3.05) is 13.2 Å². The lowest BCUT2D eigenvalue weighted by Gasteiger charge is -2.32. The minimum absolute atomic E-state index is 0.0196. The first-order chi connectivity index (χ1) is 22.2.